The van der Waals surface area contributed by atoms with Crippen LogP contribution < -0.4 is 10.1 Å². The zero-order valence-electron chi connectivity index (χ0n) is 30.4. The van der Waals surface area contributed by atoms with E-state index in [1.54, 1.807) is 23.4 Å². The van der Waals surface area contributed by atoms with Crippen LogP contribution in [0, 0.1) is 11.8 Å². The van der Waals surface area contributed by atoms with Gasteiger partial charge < -0.3 is 20.1 Å². The number of carbonyl (C=O) groups is 3. The van der Waals surface area contributed by atoms with Gasteiger partial charge in [0.05, 0.1) is 17.4 Å². The second-order valence-corrected chi connectivity index (χ2v) is 15.7. The molecule has 2 aromatic carbocycles. The molecule has 3 atom stereocenters. The number of rotatable bonds is 15. The molecule has 2 N–H and O–H groups in total. The van der Waals surface area contributed by atoms with Crippen LogP contribution in [0.3, 0.4) is 0 Å². The number of aromatic nitrogens is 2. The van der Waals surface area contributed by atoms with Crippen LogP contribution in [0.2, 0.25) is 0 Å². The standard InChI is InChI=1S/C41H50N4O5S/c1-6-7-8-9-10-21-50-32-17-15-29(16-18-32)31-23-42-37(43-24-31)30-13-11-28(12-14-30)22-34(39(47)45-25-27(2)33(26-45)40(48)49)44-38(46)35-19-20-36(51-35)41(3,4)5/h11-20,23-24,27,33-34H,6-10,21-22,25-26H2,1-5H3,(H,44,46)(H,48,49). The highest BCUT2D eigenvalue weighted by Crippen LogP contribution is 2.30. The number of nitrogens with one attached hydrogen (secondary N) is 1. The highest BCUT2D eigenvalue weighted by atomic mass is 32.1. The predicted molar refractivity (Wildman–Crippen MR) is 202 cm³/mol. The first-order valence-corrected chi connectivity index (χ1v) is 18.8. The Balaban J connectivity index is 1.24. The van der Waals surface area contributed by atoms with Crippen molar-refractivity contribution in [3.63, 3.8) is 0 Å². The quantitative estimate of drug-likeness (QED) is 0.120. The predicted octanol–water partition coefficient (Wildman–Crippen LogP) is 8.04. The van der Waals surface area contributed by atoms with E-state index in [-0.39, 0.29) is 36.1 Å². The molecule has 10 heteroatoms. The van der Waals surface area contributed by atoms with Crippen LogP contribution in [0.5, 0.6) is 5.75 Å². The van der Waals surface area contributed by atoms with Gasteiger partial charge >= 0.3 is 5.97 Å². The summed E-state index contributed by atoms with van der Waals surface area (Å²) < 4.78 is 5.90. The van der Waals surface area contributed by atoms with Gasteiger partial charge in [-0.3, -0.25) is 14.4 Å². The molecule has 1 fully saturated rings. The molecule has 1 aliphatic heterocycles. The third-order valence-corrected chi connectivity index (χ3v) is 10.9. The SMILES string of the molecule is CCCCCCCOc1ccc(-c2cnc(-c3ccc(CC(NC(=O)c4ccc(C(C)(C)C)s4)C(=O)N4CC(C)C(C(=O)O)C4)cc3)nc2)cc1. The van der Waals surface area contributed by atoms with Crippen molar-refractivity contribution in [2.24, 2.45) is 11.8 Å². The summed E-state index contributed by atoms with van der Waals surface area (Å²) in [7, 11) is 0. The van der Waals surface area contributed by atoms with E-state index in [9.17, 15) is 19.5 Å². The number of amides is 2. The minimum absolute atomic E-state index is 0.102. The fourth-order valence-corrected chi connectivity index (χ4v) is 7.24. The Kier molecular flexibility index (Phi) is 12.6. The maximum atomic E-state index is 13.8. The normalized spacial score (nSPS) is 16.5. The minimum Gasteiger partial charge on any atom is -0.494 e. The van der Waals surface area contributed by atoms with Gasteiger partial charge in [0.2, 0.25) is 5.91 Å². The lowest BCUT2D eigenvalue weighted by molar-refractivity contribution is -0.142. The first-order valence-electron chi connectivity index (χ1n) is 18.0. The molecule has 0 saturated carbocycles. The molecule has 4 aromatic rings. The monoisotopic (exact) mass is 710 g/mol. The van der Waals surface area contributed by atoms with Crippen molar-refractivity contribution in [2.75, 3.05) is 19.7 Å². The second-order valence-electron chi connectivity index (χ2n) is 14.6. The van der Waals surface area contributed by atoms with Crippen LogP contribution in [-0.4, -0.2) is 63.5 Å². The first-order chi connectivity index (χ1) is 24.4. The Morgan fingerprint density at radius 1 is 0.902 bits per heavy atom. The summed E-state index contributed by atoms with van der Waals surface area (Å²) in [6, 6.07) is 18.5. The topological polar surface area (TPSA) is 122 Å². The Labute approximate surface area is 305 Å². The molecule has 270 valence electrons. The molecule has 0 spiro atoms. The molecule has 0 radical (unpaired) electrons. The summed E-state index contributed by atoms with van der Waals surface area (Å²) in [5.74, 6) is -0.890. The Hall–Kier alpha value is -4.57. The molecule has 3 heterocycles. The molecule has 1 saturated heterocycles. The van der Waals surface area contributed by atoms with Crippen LogP contribution in [0.15, 0.2) is 73.1 Å². The highest BCUT2D eigenvalue weighted by Gasteiger charge is 2.39. The van der Waals surface area contributed by atoms with Gasteiger partial charge in [-0.15, -0.1) is 11.3 Å². The van der Waals surface area contributed by atoms with Gasteiger partial charge in [-0.05, 0) is 53.1 Å². The molecule has 1 aliphatic rings. The third kappa shape index (κ3) is 10.0. The van der Waals surface area contributed by atoms with Crippen molar-refractivity contribution in [3.8, 4) is 28.3 Å². The van der Waals surface area contributed by atoms with E-state index in [1.807, 2.05) is 61.5 Å². The average Bonchev–Trinajstić information content (AvgIpc) is 3.78. The van der Waals surface area contributed by atoms with Crippen molar-refractivity contribution in [3.05, 3.63) is 88.4 Å². The first kappa shape index (κ1) is 37.7. The lowest BCUT2D eigenvalue weighted by atomic mass is 9.95. The number of benzene rings is 2. The fourth-order valence-electron chi connectivity index (χ4n) is 6.27. The van der Waals surface area contributed by atoms with Crippen LogP contribution in [0.1, 0.15) is 86.8 Å². The minimum atomic E-state index is -0.913. The molecule has 51 heavy (non-hydrogen) atoms. The summed E-state index contributed by atoms with van der Waals surface area (Å²) in [5.41, 5.74) is 3.48. The molecule has 9 nitrogen and oxygen atoms in total. The maximum Gasteiger partial charge on any atom is 0.308 e. The van der Waals surface area contributed by atoms with Crippen molar-refractivity contribution in [1.82, 2.24) is 20.2 Å². The smallest absolute Gasteiger partial charge is 0.308 e. The Morgan fingerprint density at radius 2 is 1.57 bits per heavy atom. The summed E-state index contributed by atoms with van der Waals surface area (Å²) in [6.45, 7) is 11.5. The number of aliphatic carboxylic acids is 1. The van der Waals surface area contributed by atoms with E-state index >= 15 is 0 Å². The van der Waals surface area contributed by atoms with Gasteiger partial charge in [0, 0.05) is 47.9 Å². The Bertz CT molecular complexity index is 1760. The van der Waals surface area contributed by atoms with E-state index in [1.165, 1.54) is 37.0 Å². The van der Waals surface area contributed by atoms with Gasteiger partial charge in [-0.2, -0.15) is 0 Å². The van der Waals surface area contributed by atoms with E-state index in [4.69, 9.17) is 4.74 Å². The molecule has 5 rings (SSSR count). The van der Waals surface area contributed by atoms with Gasteiger partial charge in [0.15, 0.2) is 5.82 Å². The summed E-state index contributed by atoms with van der Waals surface area (Å²) in [5, 5.41) is 12.6. The van der Waals surface area contributed by atoms with Crippen LogP contribution in [0.4, 0.5) is 0 Å². The molecule has 2 aromatic heterocycles. The zero-order valence-corrected chi connectivity index (χ0v) is 31.2. The van der Waals surface area contributed by atoms with E-state index in [0.29, 0.717) is 17.2 Å². The van der Waals surface area contributed by atoms with Crippen molar-refractivity contribution in [1.29, 1.82) is 0 Å². The van der Waals surface area contributed by atoms with Crippen molar-refractivity contribution >= 4 is 29.1 Å². The van der Waals surface area contributed by atoms with Gasteiger partial charge in [-0.25, -0.2) is 9.97 Å². The number of thiophene rings is 1. The number of hydrogen-bond donors (Lipinski definition) is 2. The average molecular weight is 711 g/mol. The van der Waals surface area contributed by atoms with E-state index < -0.39 is 17.9 Å². The second kappa shape index (κ2) is 17.1. The molecular weight excluding hydrogens is 661 g/mol. The number of nitrogens with zero attached hydrogens (tertiary/aromatic N) is 3. The van der Waals surface area contributed by atoms with Crippen LogP contribution in [-0.2, 0) is 21.4 Å². The van der Waals surface area contributed by atoms with E-state index in [2.05, 4.69) is 43.0 Å². The molecule has 0 bridgehead atoms. The number of hydrogen-bond acceptors (Lipinski definition) is 7. The number of carbonyl (C=O) groups excluding carboxylic acids is 2. The lowest BCUT2D eigenvalue weighted by Gasteiger charge is -2.24. The number of likely N-dealkylation sites (tertiary alicyclic amines) is 1. The highest BCUT2D eigenvalue weighted by molar-refractivity contribution is 7.14. The number of carboxylic acids is 1. The summed E-state index contributed by atoms with van der Waals surface area (Å²) in [4.78, 5) is 51.5. The molecular formula is C41H50N4O5S. The van der Waals surface area contributed by atoms with Gasteiger partial charge in [0.1, 0.15) is 11.8 Å². The molecule has 0 aliphatic carbocycles. The van der Waals surface area contributed by atoms with Crippen LogP contribution in [0.25, 0.3) is 22.5 Å². The van der Waals surface area contributed by atoms with Gasteiger partial charge in [-0.1, -0.05) is 96.7 Å². The van der Waals surface area contributed by atoms with E-state index in [0.717, 1.165) is 45.9 Å². The zero-order chi connectivity index (χ0) is 36.5. The number of unbranched alkanes of at least 4 members (excludes halogenated alkanes) is 4. The fraction of sp³-hybridized carbons (Fsp3) is 0.439. The molecule has 3 unspecified atom stereocenters. The largest absolute Gasteiger partial charge is 0.494 e. The van der Waals surface area contributed by atoms with Crippen LogP contribution >= 0.6 is 11.3 Å². The maximum absolute atomic E-state index is 13.8. The Morgan fingerprint density at radius 3 is 2.18 bits per heavy atom. The summed E-state index contributed by atoms with van der Waals surface area (Å²) in [6.07, 6.45) is 9.89. The lowest BCUT2D eigenvalue weighted by Crippen LogP contribution is -2.49. The van der Waals surface area contributed by atoms with Crippen molar-refractivity contribution < 1.29 is 24.2 Å². The number of ether oxygens (including phenoxy) is 1. The third-order valence-electron chi connectivity index (χ3n) is 9.42. The van der Waals surface area contributed by atoms with Crippen molar-refractivity contribution in [2.45, 2.75) is 84.6 Å². The summed E-state index contributed by atoms with van der Waals surface area (Å²) >= 11 is 1.42. The van der Waals surface area contributed by atoms with Gasteiger partial charge in [0.25, 0.3) is 5.91 Å². The number of carboxylic acid groups (broad SMARTS) is 1. The molecule has 2 amide bonds.